The SMILES string of the molecule is CCOc1ccc(-c2nc(CC(=O)Nc3ccc(C#N)cc3)cs2)cc1. The molecule has 0 saturated carbocycles. The Morgan fingerprint density at radius 3 is 2.58 bits per heavy atom. The molecule has 0 aliphatic carbocycles. The molecule has 0 saturated heterocycles. The van der Waals surface area contributed by atoms with Gasteiger partial charge in [-0.15, -0.1) is 11.3 Å². The highest BCUT2D eigenvalue weighted by molar-refractivity contribution is 7.13. The van der Waals surface area contributed by atoms with Crippen LogP contribution in [0, 0.1) is 11.3 Å². The minimum atomic E-state index is -0.141. The van der Waals surface area contributed by atoms with E-state index in [-0.39, 0.29) is 12.3 Å². The molecule has 1 N–H and O–H groups in total. The van der Waals surface area contributed by atoms with Crippen LogP contribution in [0.5, 0.6) is 5.75 Å². The maximum Gasteiger partial charge on any atom is 0.230 e. The summed E-state index contributed by atoms with van der Waals surface area (Å²) >= 11 is 1.51. The van der Waals surface area contributed by atoms with Gasteiger partial charge in [-0.2, -0.15) is 5.26 Å². The second kappa shape index (κ2) is 8.28. The Kier molecular flexibility index (Phi) is 5.62. The highest BCUT2D eigenvalue weighted by Crippen LogP contribution is 2.26. The lowest BCUT2D eigenvalue weighted by Crippen LogP contribution is -2.14. The van der Waals surface area contributed by atoms with Gasteiger partial charge in [0.25, 0.3) is 0 Å². The van der Waals surface area contributed by atoms with E-state index in [1.807, 2.05) is 42.6 Å². The monoisotopic (exact) mass is 363 g/mol. The van der Waals surface area contributed by atoms with Gasteiger partial charge in [0.05, 0.1) is 30.4 Å². The fourth-order valence-electron chi connectivity index (χ4n) is 2.38. The van der Waals surface area contributed by atoms with Crippen molar-refractivity contribution >= 4 is 22.9 Å². The number of benzene rings is 2. The lowest BCUT2D eigenvalue weighted by Gasteiger charge is -2.04. The highest BCUT2D eigenvalue weighted by atomic mass is 32.1. The minimum Gasteiger partial charge on any atom is -0.494 e. The summed E-state index contributed by atoms with van der Waals surface area (Å²) in [5.41, 5.74) is 2.95. The molecular weight excluding hydrogens is 346 g/mol. The Hall–Kier alpha value is -3.17. The van der Waals surface area contributed by atoms with Crippen LogP contribution in [0.25, 0.3) is 10.6 Å². The zero-order chi connectivity index (χ0) is 18.4. The van der Waals surface area contributed by atoms with Crippen molar-refractivity contribution in [3.05, 3.63) is 65.2 Å². The summed E-state index contributed by atoms with van der Waals surface area (Å²) in [6, 6.07) is 16.6. The largest absolute Gasteiger partial charge is 0.494 e. The molecule has 0 unspecified atom stereocenters. The van der Waals surface area contributed by atoms with Gasteiger partial charge >= 0.3 is 0 Å². The lowest BCUT2D eigenvalue weighted by molar-refractivity contribution is -0.115. The first kappa shape index (κ1) is 17.6. The van der Waals surface area contributed by atoms with E-state index in [1.165, 1.54) is 11.3 Å². The molecule has 130 valence electrons. The van der Waals surface area contributed by atoms with Crippen molar-refractivity contribution in [1.82, 2.24) is 4.98 Å². The van der Waals surface area contributed by atoms with Crippen LogP contribution >= 0.6 is 11.3 Å². The zero-order valence-corrected chi connectivity index (χ0v) is 15.0. The molecule has 0 fully saturated rings. The van der Waals surface area contributed by atoms with E-state index in [2.05, 4.69) is 10.3 Å². The summed E-state index contributed by atoms with van der Waals surface area (Å²) in [7, 11) is 0. The van der Waals surface area contributed by atoms with E-state index in [4.69, 9.17) is 10.00 Å². The summed E-state index contributed by atoms with van der Waals surface area (Å²) in [6.07, 6.45) is 0.202. The predicted octanol–water partition coefficient (Wildman–Crippen LogP) is 4.26. The third kappa shape index (κ3) is 4.47. The van der Waals surface area contributed by atoms with Crippen molar-refractivity contribution in [2.45, 2.75) is 13.3 Å². The van der Waals surface area contributed by atoms with Gasteiger partial charge in [-0.3, -0.25) is 4.79 Å². The summed E-state index contributed by atoms with van der Waals surface area (Å²) in [5, 5.41) is 14.4. The number of ether oxygens (including phenoxy) is 1. The molecule has 0 aliphatic heterocycles. The Morgan fingerprint density at radius 2 is 1.92 bits per heavy atom. The van der Waals surface area contributed by atoms with Crippen molar-refractivity contribution in [3.8, 4) is 22.4 Å². The molecule has 3 aromatic rings. The first-order valence-corrected chi connectivity index (χ1v) is 9.03. The van der Waals surface area contributed by atoms with E-state index in [9.17, 15) is 4.79 Å². The van der Waals surface area contributed by atoms with Gasteiger partial charge in [-0.05, 0) is 55.5 Å². The molecule has 0 spiro atoms. The number of nitrogens with one attached hydrogen (secondary N) is 1. The van der Waals surface area contributed by atoms with Crippen LogP contribution in [0.3, 0.4) is 0 Å². The summed E-state index contributed by atoms with van der Waals surface area (Å²) in [4.78, 5) is 16.7. The molecule has 2 aromatic carbocycles. The maximum absolute atomic E-state index is 12.2. The molecule has 3 rings (SSSR count). The van der Waals surface area contributed by atoms with Gasteiger partial charge in [-0.1, -0.05) is 0 Å². The third-order valence-corrected chi connectivity index (χ3v) is 4.54. The number of carbonyl (C=O) groups is 1. The maximum atomic E-state index is 12.2. The molecule has 1 aromatic heterocycles. The molecule has 1 amide bonds. The number of hydrogen-bond acceptors (Lipinski definition) is 5. The van der Waals surface area contributed by atoms with Crippen molar-refractivity contribution in [3.63, 3.8) is 0 Å². The molecule has 6 heteroatoms. The average molecular weight is 363 g/mol. The molecule has 0 radical (unpaired) electrons. The molecule has 0 atom stereocenters. The van der Waals surface area contributed by atoms with Crippen LogP contribution < -0.4 is 10.1 Å². The number of carbonyl (C=O) groups excluding carboxylic acids is 1. The minimum absolute atomic E-state index is 0.141. The molecule has 26 heavy (non-hydrogen) atoms. The Balaban J connectivity index is 1.62. The number of nitriles is 1. The van der Waals surface area contributed by atoms with Crippen molar-refractivity contribution in [1.29, 1.82) is 5.26 Å². The Morgan fingerprint density at radius 1 is 1.19 bits per heavy atom. The first-order chi connectivity index (χ1) is 12.7. The first-order valence-electron chi connectivity index (χ1n) is 8.15. The van der Waals surface area contributed by atoms with Gasteiger partial charge in [0.1, 0.15) is 10.8 Å². The van der Waals surface area contributed by atoms with E-state index in [0.717, 1.165) is 22.0 Å². The molecule has 5 nitrogen and oxygen atoms in total. The summed E-state index contributed by atoms with van der Waals surface area (Å²) < 4.78 is 5.44. The van der Waals surface area contributed by atoms with Gasteiger partial charge in [0.15, 0.2) is 0 Å². The normalized spacial score (nSPS) is 10.2. The molecular formula is C20H17N3O2S. The Bertz CT molecular complexity index is 925. The van der Waals surface area contributed by atoms with E-state index in [1.54, 1.807) is 24.3 Å². The topological polar surface area (TPSA) is 75.0 Å². The number of rotatable bonds is 6. The van der Waals surface area contributed by atoms with Gasteiger partial charge in [-0.25, -0.2) is 4.98 Å². The van der Waals surface area contributed by atoms with Crippen molar-refractivity contribution < 1.29 is 9.53 Å². The molecule has 0 aliphatic rings. The predicted molar refractivity (Wildman–Crippen MR) is 102 cm³/mol. The number of hydrogen-bond donors (Lipinski definition) is 1. The number of aromatic nitrogens is 1. The summed E-state index contributed by atoms with van der Waals surface area (Å²) in [6.45, 7) is 2.58. The standard InChI is InChI=1S/C20H17N3O2S/c1-2-25-18-9-5-15(6-10-18)20-23-17(13-26-20)11-19(24)22-16-7-3-14(12-21)4-8-16/h3-10,13H,2,11H2,1H3,(H,22,24). The van der Waals surface area contributed by atoms with Gasteiger partial charge in [0, 0.05) is 16.6 Å². The number of amides is 1. The van der Waals surface area contributed by atoms with Crippen molar-refractivity contribution in [2.24, 2.45) is 0 Å². The van der Waals surface area contributed by atoms with Gasteiger partial charge in [0.2, 0.25) is 5.91 Å². The zero-order valence-electron chi connectivity index (χ0n) is 14.2. The number of nitrogens with zero attached hydrogens (tertiary/aromatic N) is 2. The van der Waals surface area contributed by atoms with E-state index >= 15 is 0 Å². The van der Waals surface area contributed by atoms with Crippen LogP contribution in [-0.4, -0.2) is 17.5 Å². The second-order valence-electron chi connectivity index (χ2n) is 5.52. The third-order valence-electron chi connectivity index (χ3n) is 3.60. The smallest absolute Gasteiger partial charge is 0.230 e. The fraction of sp³-hybridized carbons (Fsp3) is 0.150. The van der Waals surface area contributed by atoms with Crippen LogP contribution in [-0.2, 0) is 11.2 Å². The van der Waals surface area contributed by atoms with Crippen molar-refractivity contribution in [2.75, 3.05) is 11.9 Å². The second-order valence-corrected chi connectivity index (χ2v) is 6.37. The highest BCUT2D eigenvalue weighted by Gasteiger charge is 2.10. The Labute approximate surface area is 155 Å². The van der Waals surface area contributed by atoms with E-state index < -0.39 is 0 Å². The quantitative estimate of drug-likeness (QED) is 0.710. The fourth-order valence-corrected chi connectivity index (χ4v) is 3.20. The lowest BCUT2D eigenvalue weighted by atomic mass is 10.2. The van der Waals surface area contributed by atoms with Crippen LogP contribution in [0.2, 0.25) is 0 Å². The van der Waals surface area contributed by atoms with Crippen LogP contribution in [0.4, 0.5) is 5.69 Å². The van der Waals surface area contributed by atoms with Crippen LogP contribution in [0.1, 0.15) is 18.2 Å². The number of thiazole rings is 1. The van der Waals surface area contributed by atoms with Gasteiger partial charge < -0.3 is 10.1 Å². The van der Waals surface area contributed by atoms with E-state index in [0.29, 0.717) is 17.9 Å². The molecule has 0 bridgehead atoms. The van der Waals surface area contributed by atoms with Crippen LogP contribution in [0.15, 0.2) is 53.9 Å². The summed E-state index contributed by atoms with van der Waals surface area (Å²) in [5.74, 6) is 0.688. The molecule has 1 heterocycles. The number of anilines is 1. The average Bonchev–Trinajstić information content (AvgIpc) is 3.11.